The summed E-state index contributed by atoms with van der Waals surface area (Å²) < 4.78 is 26.4. The van der Waals surface area contributed by atoms with E-state index in [1.807, 2.05) is 25.8 Å². The molecule has 0 aliphatic carbocycles. The van der Waals surface area contributed by atoms with E-state index >= 15 is 0 Å². The summed E-state index contributed by atoms with van der Waals surface area (Å²) in [5.41, 5.74) is 4.66. The van der Waals surface area contributed by atoms with Crippen LogP contribution in [0.1, 0.15) is 40.1 Å². The number of hydrogen-bond donors (Lipinski definition) is 0. The third-order valence-corrected chi connectivity index (χ3v) is 5.87. The van der Waals surface area contributed by atoms with E-state index in [0.29, 0.717) is 41.3 Å². The molecule has 1 aliphatic rings. The number of nitrogens with zero attached hydrogens (tertiary/aromatic N) is 4. The molecule has 0 saturated heterocycles. The van der Waals surface area contributed by atoms with E-state index in [2.05, 4.69) is 4.98 Å². The Kier molecular flexibility index (Phi) is 5.39. The first-order valence-corrected chi connectivity index (χ1v) is 10.1. The summed E-state index contributed by atoms with van der Waals surface area (Å²) in [6.07, 6.45) is 2.20. The molecule has 0 saturated carbocycles. The lowest BCUT2D eigenvalue weighted by Gasteiger charge is -2.33. The van der Waals surface area contributed by atoms with Crippen LogP contribution >= 0.6 is 0 Å². The summed E-state index contributed by atoms with van der Waals surface area (Å²) in [4.78, 5) is 19.3. The summed E-state index contributed by atoms with van der Waals surface area (Å²) in [6.45, 7) is 4.32. The number of hydrogen-bond acceptors (Lipinski definition) is 5. The molecule has 0 radical (unpaired) electrons. The molecule has 3 aromatic rings. The van der Waals surface area contributed by atoms with Crippen LogP contribution in [0, 0.1) is 12.7 Å². The average molecular weight is 424 g/mol. The second kappa shape index (κ2) is 8.02. The first kappa shape index (κ1) is 20.8. The van der Waals surface area contributed by atoms with Crippen molar-refractivity contribution in [1.82, 2.24) is 19.7 Å². The van der Waals surface area contributed by atoms with Crippen molar-refractivity contribution in [2.75, 3.05) is 20.8 Å². The van der Waals surface area contributed by atoms with Gasteiger partial charge in [-0.25, -0.2) is 9.37 Å². The summed E-state index contributed by atoms with van der Waals surface area (Å²) in [5, 5.41) is 4.70. The molecule has 1 amide bonds. The van der Waals surface area contributed by atoms with E-state index in [-0.39, 0.29) is 17.8 Å². The molecule has 0 N–H and O–H groups in total. The molecular formula is C23H25FN4O3. The van der Waals surface area contributed by atoms with Crippen molar-refractivity contribution in [2.45, 2.75) is 26.3 Å². The molecule has 31 heavy (non-hydrogen) atoms. The van der Waals surface area contributed by atoms with Gasteiger partial charge in [-0.3, -0.25) is 9.48 Å². The Labute approximate surface area is 180 Å². The van der Waals surface area contributed by atoms with E-state index in [1.165, 1.54) is 26.4 Å². The van der Waals surface area contributed by atoms with E-state index in [1.54, 1.807) is 23.0 Å². The lowest BCUT2D eigenvalue weighted by atomic mass is 9.94. The lowest BCUT2D eigenvalue weighted by molar-refractivity contribution is 0.0672. The Morgan fingerprint density at radius 1 is 1.23 bits per heavy atom. The van der Waals surface area contributed by atoms with Gasteiger partial charge in [0.15, 0.2) is 0 Å². The topological polar surface area (TPSA) is 69.5 Å². The van der Waals surface area contributed by atoms with Gasteiger partial charge in [0.2, 0.25) is 5.88 Å². The van der Waals surface area contributed by atoms with Gasteiger partial charge < -0.3 is 14.4 Å². The van der Waals surface area contributed by atoms with Gasteiger partial charge in [-0.15, -0.1) is 0 Å². The third-order valence-electron chi connectivity index (χ3n) is 5.87. The maximum absolute atomic E-state index is 14.1. The number of methoxy groups -OCH3 is 2. The minimum Gasteiger partial charge on any atom is -0.497 e. The zero-order valence-corrected chi connectivity index (χ0v) is 18.3. The first-order chi connectivity index (χ1) is 14.8. The molecule has 7 nitrogen and oxygen atoms in total. The summed E-state index contributed by atoms with van der Waals surface area (Å²) in [7, 11) is 4.89. The van der Waals surface area contributed by atoms with Crippen molar-refractivity contribution in [3.63, 3.8) is 0 Å². The fourth-order valence-corrected chi connectivity index (χ4v) is 4.31. The zero-order valence-electron chi connectivity index (χ0n) is 18.3. The Morgan fingerprint density at radius 2 is 2.00 bits per heavy atom. The molecular weight excluding hydrogens is 399 g/mol. The summed E-state index contributed by atoms with van der Waals surface area (Å²) in [5.74, 6) is 0.437. The standard InChI is InChI=1S/C23H25FN4O3/c1-13-18(6-8-25-22(13)31-5)23(29)28-9-7-19-20(14(28)2)26-27(3)21(19)15-10-16(24)12-17(11-15)30-4/h6,8,10-12,14H,7,9H2,1-5H3/t14-/m0/s1. The highest BCUT2D eigenvalue weighted by molar-refractivity contribution is 5.96. The monoisotopic (exact) mass is 424 g/mol. The van der Waals surface area contributed by atoms with Crippen molar-refractivity contribution in [3.8, 4) is 22.9 Å². The molecule has 1 atom stereocenters. The van der Waals surface area contributed by atoms with Crippen LogP contribution in [0.3, 0.4) is 0 Å². The first-order valence-electron chi connectivity index (χ1n) is 10.1. The van der Waals surface area contributed by atoms with Crippen LogP contribution in [0.5, 0.6) is 11.6 Å². The Balaban J connectivity index is 1.72. The molecule has 1 aromatic carbocycles. The number of aryl methyl sites for hydroxylation is 1. The maximum Gasteiger partial charge on any atom is 0.254 e. The van der Waals surface area contributed by atoms with Gasteiger partial charge in [-0.2, -0.15) is 5.10 Å². The van der Waals surface area contributed by atoms with Gasteiger partial charge in [-0.1, -0.05) is 0 Å². The van der Waals surface area contributed by atoms with Crippen LogP contribution in [-0.2, 0) is 13.5 Å². The molecule has 0 bridgehead atoms. The van der Waals surface area contributed by atoms with Crippen molar-refractivity contribution in [1.29, 1.82) is 0 Å². The van der Waals surface area contributed by atoms with Crippen LogP contribution in [-0.4, -0.2) is 46.3 Å². The number of pyridine rings is 1. The second-order valence-electron chi connectivity index (χ2n) is 7.63. The van der Waals surface area contributed by atoms with Gasteiger partial charge in [0.05, 0.1) is 31.6 Å². The number of carbonyl (C=O) groups excluding carboxylic acids is 1. The lowest BCUT2D eigenvalue weighted by Crippen LogP contribution is -2.39. The zero-order chi connectivity index (χ0) is 22.3. The summed E-state index contributed by atoms with van der Waals surface area (Å²) in [6, 6.07) is 6.11. The van der Waals surface area contributed by atoms with Crippen LogP contribution in [0.2, 0.25) is 0 Å². The van der Waals surface area contributed by atoms with Gasteiger partial charge in [0.25, 0.3) is 5.91 Å². The smallest absolute Gasteiger partial charge is 0.254 e. The number of carbonyl (C=O) groups is 1. The third kappa shape index (κ3) is 3.52. The molecule has 8 heteroatoms. The van der Waals surface area contributed by atoms with E-state index in [4.69, 9.17) is 14.6 Å². The van der Waals surface area contributed by atoms with Crippen molar-refractivity contribution >= 4 is 5.91 Å². The van der Waals surface area contributed by atoms with Crippen LogP contribution in [0.25, 0.3) is 11.3 Å². The maximum atomic E-state index is 14.1. The number of rotatable bonds is 4. The molecule has 2 aromatic heterocycles. The normalized spacial score (nSPS) is 15.5. The van der Waals surface area contributed by atoms with E-state index < -0.39 is 0 Å². The van der Waals surface area contributed by atoms with Gasteiger partial charge in [0.1, 0.15) is 11.6 Å². The molecule has 0 spiro atoms. The fourth-order valence-electron chi connectivity index (χ4n) is 4.31. The van der Waals surface area contributed by atoms with Crippen molar-refractivity contribution < 1.29 is 18.7 Å². The minimum atomic E-state index is -0.368. The quantitative estimate of drug-likeness (QED) is 0.639. The molecule has 0 fully saturated rings. The summed E-state index contributed by atoms with van der Waals surface area (Å²) >= 11 is 0. The molecule has 162 valence electrons. The average Bonchev–Trinajstić information content (AvgIpc) is 3.10. The molecule has 0 unspecified atom stereocenters. The predicted molar refractivity (Wildman–Crippen MR) is 114 cm³/mol. The highest BCUT2D eigenvalue weighted by atomic mass is 19.1. The Hall–Kier alpha value is -3.42. The fraction of sp³-hybridized carbons (Fsp3) is 0.348. The number of ether oxygens (including phenoxy) is 2. The minimum absolute atomic E-state index is 0.0871. The van der Waals surface area contributed by atoms with Gasteiger partial charge in [-0.05, 0) is 38.5 Å². The number of aromatic nitrogens is 3. The number of benzene rings is 1. The number of halogens is 1. The second-order valence-corrected chi connectivity index (χ2v) is 7.63. The number of amides is 1. The largest absolute Gasteiger partial charge is 0.497 e. The molecule has 3 heterocycles. The van der Waals surface area contributed by atoms with Crippen LogP contribution in [0.4, 0.5) is 4.39 Å². The SMILES string of the molecule is COc1cc(F)cc(-c2c3c(nn2C)[C@H](C)N(C(=O)c2ccnc(OC)c2C)CC3)c1. The highest BCUT2D eigenvalue weighted by Crippen LogP contribution is 2.37. The highest BCUT2D eigenvalue weighted by Gasteiger charge is 2.34. The van der Waals surface area contributed by atoms with Crippen LogP contribution in [0.15, 0.2) is 30.5 Å². The van der Waals surface area contributed by atoms with Gasteiger partial charge in [0, 0.05) is 48.1 Å². The van der Waals surface area contributed by atoms with Gasteiger partial charge >= 0.3 is 0 Å². The van der Waals surface area contributed by atoms with E-state index in [0.717, 1.165) is 17.0 Å². The van der Waals surface area contributed by atoms with Crippen molar-refractivity contribution in [2.24, 2.45) is 7.05 Å². The Bertz CT molecular complexity index is 1160. The Morgan fingerprint density at radius 3 is 2.71 bits per heavy atom. The molecule has 4 rings (SSSR count). The van der Waals surface area contributed by atoms with Crippen molar-refractivity contribution in [3.05, 3.63) is 58.7 Å². The van der Waals surface area contributed by atoms with E-state index in [9.17, 15) is 9.18 Å². The molecule has 1 aliphatic heterocycles. The van der Waals surface area contributed by atoms with Crippen LogP contribution < -0.4 is 9.47 Å². The predicted octanol–water partition coefficient (Wildman–Crippen LogP) is 3.71. The number of fused-ring (bicyclic) bond motifs is 1.